The van der Waals surface area contributed by atoms with E-state index in [1.807, 2.05) is 315 Å². The lowest BCUT2D eigenvalue weighted by atomic mass is 9.96. The molecule has 19 aromatic carbocycles. The number of nitrogens with zero attached hydrogens (tertiary/aromatic N) is 12. The minimum Gasteiger partial charge on any atom is -0.275 e. The number of thiophene rings is 2. The number of benzene rings is 19. The average Bonchev–Trinajstić information content (AvgIpc) is 1.56. The highest BCUT2D eigenvalue weighted by molar-refractivity contribution is 7.26. The number of para-hydroxylation sites is 1. The Morgan fingerprint density at radius 2 is 0.350 bits per heavy atom. The van der Waals surface area contributed by atoms with Gasteiger partial charge in [-0.15, -0.1) is 22.7 Å². The van der Waals surface area contributed by atoms with Crippen LogP contribution < -0.4 is 16.7 Å². The number of hydrogen-bond acceptors (Lipinski definition) is 14. The molecule has 17 heteroatoms. The molecule has 30 aromatic rings. The van der Waals surface area contributed by atoms with Crippen molar-refractivity contribution in [2.45, 2.75) is 0 Å². The Labute approximate surface area is 821 Å². The summed E-state index contributed by atoms with van der Waals surface area (Å²) in [4.78, 5) is 86.9. The molecule has 0 spiro atoms. The van der Waals surface area contributed by atoms with E-state index in [2.05, 4.69) is 158 Å². The fourth-order valence-electron chi connectivity index (χ4n) is 21.1. The predicted molar refractivity (Wildman–Crippen MR) is 588 cm³/mol. The summed E-state index contributed by atoms with van der Waals surface area (Å²) >= 11 is 3.68. The van der Waals surface area contributed by atoms with Gasteiger partial charge in [0.2, 0.25) is 0 Å². The fourth-order valence-corrected chi connectivity index (χ4v) is 23.3. The molecule has 0 saturated heterocycles. The zero-order valence-electron chi connectivity index (χ0n) is 76.0. The second-order valence-corrected chi connectivity index (χ2v) is 38.2. The fraction of sp³-hybridized carbons (Fsp3) is 0. The highest BCUT2D eigenvalue weighted by Crippen LogP contribution is 2.47. The molecule has 11 aromatic heterocycles. The van der Waals surface area contributed by atoms with E-state index in [4.69, 9.17) is 44.9 Å². The Bertz CT molecular complexity index is 10500. The van der Waals surface area contributed by atoms with Crippen LogP contribution >= 0.6 is 22.7 Å². The van der Waals surface area contributed by atoms with Crippen LogP contribution in [0.15, 0.2) is 451 Å². The molecule has 666 valence electrons. The van der Waals surface area contributed by atoms with Gasteiger partial charge in [-0.2, -0.15) is 0 Å². The summed E-state index contributed by atoms with van der Waals surface area (Å²) < 4.78 is 10.8. The first-order valence-corrected chi connectivity index (χ1v) is 48.9. The summed E-state index contributed by atoms with van der Waals surface area (Å²) in [7, 11) is 0. The number of aromatic nitrogens is 12. The molecular formula is C126H72N12O3S2. The summed E-state index contributed by atoms with van der Waals surface area (Å²) in [5.74, 6) is 5.19. The van der Waals surface area contributed by atoms with Gasteiger partial charge in [-0.1, -0.05) is 309 Å². The maximum Gasteiger partial charge on any atom is 0.263 e. The minimum absolute atomic E-state index is 0.00469. The van der Waals surface area contributed by atoms with Gasteiger partial charge < -0.3 is 0 Å². The van der Waals surface area contributed by atoms with Gasteiger partial charge in [-0.25, -0.2) is 44.9 Å². The van der Waals surface area contributed by atoms with Crippen molar-refractivity contribution in [3.05, 3.63) is 468 Å². The van der Waals surface area contributed by atoms with Crippen LogP contribution in [-0.2, 0) is 0 Å². The summed E-state index contributed by atoms with van der Waals surface area (Å²) in [6.07, 6.45) is 0. The molecule has 143 heavy (non-hydrogen) atoms. The highest BCUT2D eigenvalue weighted by Gasteiger charge is 2.28. The molecule has 0 aliphatic heterocycles. The third-order valence-electron chi connectivity index (χ3n) is 27.7. The zero-order valence-corrected chi connectivity index (χ0v) is 77.6. The SMILES string of the molecule is O=c1c2ccccc2c2cc(-c3ccc4sc5ccccc5c4c3)cc3c4cc(-c5ccc6sc7ccccc7c6c5)ccc4n1c23.O=c1c2ccccc2c2cc(-c3nc(-c4ccccc4)nc(-c4ccccc4)n3)cc3c4cc(-c5nc(-c6ccccc6)nc(-c6ccccc6)n5)ccc4n1c23.O=c1c2ccccc2c2cc(-c3nc(-c4ccccc4)nc(-c4ccccc4)n3)cc3c4ccccc4n1c23. The van der Waals surface area contributed by atoms with E-state index >= 15 is 0 Å². The Hall–Kier alpha value is -18.9. The topological polar surface area (TPSA) is 180 Å². The van der Waals surface area contributed by atoms with Crippen LogP contribution in [0.4, 0.5) is 0 Å². The maximum atomic E-state index is 14.4. The van der Waals surface area contributed by atoms with E-state index in [1.165, 1.54) is 51.5 Å². The van der Waals surface area contributed by atoms with E-state index in [9.17, 15) is 14.4 Å². The van der Waals surface area contributed by atoms with Crippen molar-refractivity contribution < 1.29 is 0 Å². The Balaban J connectivity index is 0.000000106. The van der Waals surface area contributed by atoms with E-state index in [0.717, 1.165) is 164 Å². The van der Waals surface area contributed by atoms with Gasteiger partial charge in [0.15, 0.2) is 52.4 Å². The van der Waals surface area contributed by atoms with Crippen LogP contribution in [0.3, 0.4) is 0 Å². The lowest BCUT2D eigenvalue weighted by Crippen LogP contribution is -2.12. The van der Waals surface area contributed by atoms with Crippen LogP contribution in [0.5, 0.6) is 0 Å². The van der Waals surface area contributed by atoms with Crippen molar-refractivity contribution in [2.24, 2.45) is 0 Å². The normalized spacial score (nSPS) is 11.9. The van der Waals surface area contributed by atoms with Crippen LogP contribution in [0.2, 0.25) is 0 Å². The number of pyridine rings is 3. The van der Waals surface area contributed by atoms with Crippen LogP contribution in [0, 0.1) is 0 Å². The van der Waals surface area contributed by atoms with Gasteiger partial charge in [0.05, 0.1) is 33.1 Å². The first kappa shape index (κ1) is 82.3. The third kappa shape index (κ3) is 13.7. The molecule has 0 aliphatic carbocycles. The molecule has 30 rings (SSSR count). The number of fused-ring (bicyclic) bond motifs is 21. The van der Waals surface area contributed by atoms with Crippen molar-refractivity contribution in [2.75, 3.05) is 0 Å². The van der Waals surface area contributed by atoms with Gasteiger partial charge in [0.25, 0.3) is 16.7 Å². The molecule has 0 aliphatic rings. The highest BCUT2D eigenvalue weighted by atomic mass is 32.1. The van der Waals surface area contributed by atoms with Crippen LogP contribution in [0.1, 0.15) is 0 Å². The quantitative estimate of drug-likeness (QED) is 0.112. The summed E-state index contributed by atoms with van der Waals surface area (Å²) in [5, 5.41) is 19.1. The second-order valence-electron chi connectivity index (χ2n) is 36.0. The van der Waals surface area contributed by atoms with Gasteiger partial charge in [-0.05, 0) is 166 Å². The molecule has 0 radical (unpaired) electrons. The molecule has 0 saturated carbocycles. The summed E-state index contributed by atoms with van der Waals surface area (Å²) in [6.45, 7) is 0. The van der Waals surface area contributed by atoms with E-state index in [-0.39, 0.29) is 16.7 Å². The Morgan fingerprint density at radius 1 is 0.140 bits per heavy atom. The summed E-state index contributed by atoms with van der Waals surface area (Å²) in [6, 6.07) is 148. The van der Waals surface area contributed by atoms with E-state index < -0.39 is 0 Å². The van der Waals surface area contributed by atoms with Crippen molar-refractivity contribution in [1.29, 1.82) is 0 Å². The molecule has 0 unspecified atom stereocenters. The summed E-state index contributed by atoms with van der Waals surface area (Å²) in [5.41, 5.74) is 17.9. The van der Waals surface area contributed by atoms with Gasteiger partial charge in [0.1, 0.15) is 0 Å². The van der Waals surface area contributed by atoms with Crippen molar-refractivity contribution >= 4 is 177 Å². The Kier molecular flexibility index (Phi) is 19.1. The molecule has 0 fully saturated rings. The first-order chi connectivity index (χ1) is 70.6. The lowest BCUT2D eigenvalue weighted by Gasteiger charge is -2.11. The van der Waals surface area contributed by atoms with Crippen molar-refractivity contribution in [3.63, 3.8) is 0 Å². The standard InChI is InChI=1S/C49H29N7O.C43H23NOS2.C34H20N4O/c57-49-37-24-14-13-23-36(37)39-28-35(48-54-45(32-19-9-3-10-20-32)51-46(55-48)33-21-11-4-12-22-33)29-40-38-27-34(25-26-41(38)56(49)42(39)40)47-52-43(30-15-5-1-6-16-30)50-44(53-47)31-17-7-2-8-18-31;45-43-31-10-2-1-7-28(31)35-22-27(26-15-18-41-34(21-26)30-9-4-6-12-39(30)47-41)23-36-32-19-24(13-16-37(32)44(43)42(35)36)25-14-17-40-33(20-25)29-8-3-5-11-38(29)46-40;39-34-26-17-8-7-15-24(26)27-19-23(20-28-25-16-9-10-18-29(25)38(34)30(27)28)33-36-31(21-11-3-1-4-12-21)35-32(37-33)22-13-5-2-6-14-22/h1-29H;1-23H;1-20H. The smallest absolute Gasteiger partial charge is 0.263 e. The molecule has 0 bridgehead atoms. The van der Waals surface area contributed by atoms with Gasteiger partial charge >= 0.3 is 0 Å². The molecule has 15 nitrogen and oxygen atoms in total. The van der Waals surface area contributed by atoms with Gasteiger partial charge in [0, 0.05) is 155 Å². The van der Waals surface area contributed by atoms with Gasteiger partial charge in [-0.3, -0.25) is 27.6 Å². The van der Waals surface area contributed by atoms with E-state index in [0.29, 0.717) is 63.2 Å². The molecule has 0 atom stereocenters. The van der Waals surface area contributed by atoms with Crippen molar-refractivity contribution in [3.8, 4) is 125 Å². The minimum atomic E-state index is -0.0747. The largest absolute Gasteiger partial charge is 0.275 e. The monoisotopic (exact) mass is 1860 g/mol. The van der Waals surface area contributed by atoms with Crippen molar-refractivity contribution in [1.82, 2.24) is 58.1 Å². The zero-order chi connectivity index (χ0) is 94.6. The van der Waals surface area contributed by atoms with Crippen LogP contribution in [-0.4, -0.2) is 58.1 Å². The first-order valence-electron chi connectivity index (χ1n) is 47.3. The molecule has 0 N–H and O–H groups in total. The number of rotatable bonds is 11. The Morgan fingerprint density at radius 3 is 0.692 bits per heavy atom. The maximum absolute atomic E-state index is 14.4. The van der Waals surface area contributed by atoms with Crippen LogP contribution in [0.25, 0.3) is 279 Å². The molecule has 0 amide bonds. The average molecular weight is 1870 g/mol. The van der Waals surface area contributed by atoms with E-state index in [1.54, 1.807) is 0 Å². The number of hydrogen-bond donors (Lipinski definition) is 0. The molecule has 11 heterocycles. The predicted octanol–water partition coefficient (Wildman–Crippen LogP) is 30.2. The molecular weight excluding hydrogens is 1790 g/mol. The second kappa shape index (κ2) is 33.2. The third-order valence-corrected chi connectivity index (χ3v) is 30.0. The lowest BCUT2D eigenvalue weighted by molar-refractivity contribution is 1.07.